The summed E-state index contributed by atoms with van der Waals surface area (Å²) in [6.45, 7) is -1.32. The summed E-state index contributed by atoms with van der Waals surface area (Å²) in [6.07, 6.45) is -4.36. The van der Waals surface area contributed by atoms with Gasteiger partial charge in [-0.25, -0.2) is 4.98 Å². The van der Waals surface area contributed by atoms with E-state index >= 15 is 0 Å². The van der Waals surface area contributed by atoms with Crippen LogP contribution in [0, 0.1) is 0 Å². The molecule has 0 aliphatic heterocycles. The van der Waals surface area contributed by atoms with Crippen LogP contribution in [0.3, 0.4) is 0 Å². The zero-order valence-electron chi connectivity index (χ0n) is 9.37. The number of rotatable bonds is 3. The third kappa shape index (κ3) is 3.84. The van der Waals surface area contributed by atoms with Gasteiger partial charge in [0.2, 0.25) is 0 Å². The number of aromatic nitrogens is 1. The smallest absolute Gasteiger partial charge is 0.422 e. The molecule has 0 radical (unpaired) electrons. The van der Waals surface area contributed by atoms with Crippen LogP contribution in [0.4, 0.5) is 18.3 Å². The van der Waals surface area contributed by atoms with Crippen LogP contribution in [0.5, 0.6) is 5.75 Å². The minimum atomic E-state index is -4.36. The number of hydrogen-bond acceptors (Lipinski definition) is 4. The van der Waals surface area contributed by atoms with Crippen LogP contribution in [-0.4, -0.2) is 17.8 Å². The molecule has 0 aliphatic rings. The van der Waals surface area contributed by atoms with Crippen LogP contribution in [0.15, 0.2) is 28.1 Å². The molecule has 1 aromatic carbocycles. The lowest BCUT2D eigenvalue weighted by atomic mass is 10.2. The number of nitrogen functional groups attached to an aromatic ring is 1. The van der Waals surface area contributed by atoms with E-state index in [2.05, 4.69) is 25.7 Å². The van der Waals surface area contributed by atoms with Gasteiger partial charge in [-0.2, -0.15) is 13.2 Å². The van der Waals surface area contributed by atoms with Gasteiger partial charge in [0.15, 0.2) is 11.7 Å². The Bertz CT molecular complexity index is 586. The Morgan fingerprint density at radius 3 is 2.63 bits per heavy atom. The van der Waals surface area contributed by atoms with Crippen LogP contribution >= 0.6 is 27.3 Å². The second kappa shape index (κ2) is 5.38. The van der Waals surface area contributed by atoms with Crippen LogP contribution in [0.1, 0.15) is 0 Å². The first kappa shape index (κ1) is 14.1. The largest absolute Gasteiger partial charge is 0.483 e. The van der Waals surface area contributed by atoms with E-state index < -0.39 is 12.8 Å². The summed E-state index contributed by atoms with van der Waals surface area (Å²) in [5.41, 5.74) is 6.95. The Morgan fingerprint density at radius 2 is 2.11 bits per heavy atom. The molecule has 2 rings (SSSR count). The summed E-state index contributed by atoms with van der Waals surface area (Å²) in [6, 6.07) is 4.73. The molecule has 0 saturated heterocycles. The predicted octanol–water partition coefficient (Wildman–Crippen LogP) is 4.10. The summed E-state index contributed by atoms with van der Waals surface area (Å²) in [5, 5.41) is 2.20. The van der Waals surface area contributed by atoms with Gasteiger partial charge in [-0.15, -0.1) is 11.3 Å². The maximum atomic E-state index is 12.1. The Hall–Kier alpha value is -1.28. The van der Waals surface area contributed by atoms with E-state index in [1.54, 1.807) is 17.5 Å². The highest BCUT2D eigenvalue weighted by atomic mass is 79.9. The van der Waals surface area contributed by atoms with E-state index in [0.29, 0.717) is 15.3 Å². The van der Waals surface area contributed by atoms with Gasteiger partial charge in [0.05, 0.1) is 10.2 Å². The third-order valence-corrected chi connectivity index (χ3v) is 3.43. The highest BCUT2D eigenvalue weighted by Crippen LogP contribution is 2.32. The highest BCUT2D eigenvalue weighted by Gasteiger charge is 2.28. The second-order valence-electron chi connectivity index (χ2n) is 3.62. The molecule has 102 valence electrons. The lowest BCUT2D eigenvalue weighted by molar-refractivity contribution is -0.153. The third-order valence-electron chi connectivity index (χ3n) is 2.14. The molecule has 0 atom stereocenters. The van der Waals surface area contributed by atoms with E-state index in [1.165, 1.54) is 17.4 Å². The molecular formula is C11H8BrF3N2OS. The highest BCUT2D eigenvalue weighted by molar-refractivity contribution is 9.10. The van der Waals surface area contributed by atoms with Gasteiger partial charge in [0.25, 0.3) is 0 Å². The van der Waals surface area contributed by atoms with Crippen molar-refractivity contribution in [1.29, 1.82) is 0 Å². The van der Waals surface area contributed by atoms with Crippen molar-refractivity contribution >= 4 is 32.4 Å². The van der Waals surface area contributed by atoms with Gasteiger partial charge in [-0.1, -0.05) is 0 Å². The van der Waals surface area contributed by atoms with E-state index in [4.69, 9.17) is 5.73 Å². The summed E-state index contributed by atoms with van der Waals surface area (Å²) < 4.78 is 41.3. The molecule has 0 saturated carbocycles. The van der Waals surface area contributed by atoms with Gasteiger partial charge in [-0.05, 0) is 34.1 Å². The lowest BCUT2D eigenvalue weighted by Gasteiger charge is -2.11. The van der Waals surface area contributed by atoms with Crippen molar-refractivity contribution in [3.63, 3.8) is 0 Å². The van der Waals surface area contributed by atoms with Crippen LogP contribution in [0.25, 0.3) is 11.3 Å². The molecule has 0 spiro atoms. The number of anilines is 1. The first-order chi connectivity index (χ1) is 8.85. The van der Waals surface area contributed by atoms with Crippen molar-refractivity contribution < 1.29 is 17.9 Å². The number of benzene rings is 1. The minimum Gasteiger partial charge on any atom is -0.483 e. The van der Waals surface area contributed by atoms with Crippen LogP contribution < -0.4 is 10.5 Å². The second-order valence-corrected chi connectivity index (χ2v) is 5.36. The normalized spacial score (nSPS) is 11.6. The van der Waals surface area contributed by atoms with Gasteiger partial charge < -0.3 is 10.5 Å². The van der Waals surface area contributed by atoms with E-state index in [-0.39, 0.29) is 5.75 Å². The number of ether oxygens (including phenoxy) is 1. The predicted molar refractivity (Wildman–Crippen MR) is 71.2 cm³/mol. The van der Waals surface area contributed by atoms with Gasteiger partial charge in [0, 0.05) is 10.9 Å². The average molecular weight is 353 g/mol. The SMILES string of the molecule is Nc1nc(-c2ccc(OCC(F)(F)F)c(Br)c2)cs1. The van der Waals surface area contributed by atoms with Crippen molar-refractivity contribution in [1.82, 2.24) is 4.98 Å². The Balaban J connectivity index is 2.18. The first-order valence-electron chi connectivity index (χ1n) is 5.05. The Morgan fingerprint density at radius 1 is 1.37 bits per heavy atom. The van der Waals surface area contributed by atoms with Crippen molar-refractivity contribution in [2.75, 3.05) is 12.3 Å². The summed E-state index contributed by atoms with van der Waals surface area (Å²) >= 11 is 4.47. The summed E-state index contributed by atoms with van der Waals surface area (Å²) in [5.74, 6) is 0.129. The fourth-order valence-electron chi connectivity index (χ4n) is 1.36. The number of hydrogen-bond donors (Lipinski definition) is 1. The fraction of sp³-hybridized carbons (Fsp3) is 0.182. The van der Waals surface area contributed by atoms with Crippen molar-refractivity contribution in [3.05, 3.63) is 28.1 Å². The van der Waals surface area contributed by atoms with E-state index in [0.717, 1.165) is 5.56 Å². The summed E-state index contributed by atoms with van der Waals surface area (Å²) in [7, 11) is 0. The number of nitrogens with two attached hydrogens (primary N) is 1. The topological polar surface area (TPSA) is 48.1 Å². The zero-order chi connectivity index (χ0) is 14.0. The molecule has 0 bridgehead atoms. The molecule has 8 heteroatoms. The number of halogens is 4. The van der Waals surface area contributed by atoms with Crippen LogP contribution in [-0.2, 0) is 0 Å². The molecule has 0 aliphatic carbocycles. The molecule has 1 aromatic heterocycles. The maximum Gasteiger partial charge on any atom is 0.422 e. The quantitative estimate of drug-likeness (QED) is 0.904. The molecule has 2 N–H and O–H groups in total. The maximum absolute atomic E-state index is 12.1. The lowest BCUT2D eigenvalue weighted by Crippen LogP contribution is -2.19. The molecule has 2 aromatic rings. The minimum absolute atomic E-state index is 0.129. The molecule has 0 unspecified atom stereocenters. The van der Waals surface area contributed by atoms with Crippen molar-refractivity contribution in [3.8, 4) is 17.0 Å². The molecule has 19 heavy (non-hydrogen) atoms. The fourth-order valence-corrected chi connectivity index (χ4v) is 2.42. The van der Waals surface area contributed by atoms with E-state index in [9.17, 15) is 13.2 Å². The van der Waals surface area contributed by atoms with Gasteiger partial charge in [0.1, 0.15) is 5.75 Å². The molecular weight excluding hydrogens is 345 g/mol. The van der Waals surface area contributed by atoms with Gasteiger partial charge >= 0.3 is 6.18 Å². The average Bonchev–Trinajstić information content (AvgIpc) is 2.73. The number of thiazole rings is 1. The van der Waals surface area contributed by atoms with Crippen molar-refractivity contribution in [2.24, 2.45) is 0 Å². The van der Waals surface area contributed by atoms with Crippen LogP contribution in [0.2, 0.25) is 0 Å². The molecule has 3 nitrogen and oxygen atoms in total. The number of alkyl halides is 3. The van der Waals surface area contributed by atoms with E-state index in [1.807, 2.05) is 0 Å². The molecule has 1 heterocycles. The standard InChI is InChI=1S/C11H8BrF3N2OS/c12-7-3-6(8-4-19-10(16)17-8)1-2-9(7)18-5-11(13,14)15/h1-4H,5H2,(H2,16,17). The zero-order valence-corrected chi connectivity index (χ0v) is 11.8. The Labute approximate surface area is 119 Å². The first-order valence-corrected chi connectivity index (χ1v) is 6.73. The Kier molecular flexibility index (Phi) is 4.00. The monoisotopic (exact) mass is 352 g/mol. The number of nitrogens with zero attached hydrogens (tertiary/aromatic N) is 1. The van der Waals surface area contributed by atoms with Gasteiger partial charge in [-0.3, -0.25) is 0 Å². The summed E-state index contributed by atoms with van der Waals surface area (Å²) in [4.78, 5) is 4.09. The molecule has 0 amide bonds. The molecule has 0 fully saturated rings. The van der Waals surface area contributed by atoms with Crippen molar-refractivity contribution in [2.45, 2.75) is 6.18 Å².